The van der Waals surface area contributed by atoms with Gasteiger partial charge >= 0.3 is 0 Å². The Hall–Kier alpha value is -1.51. The van der Waals surface area contributed by atoms with Crippen LogP contribution in [0.5, 0.6) is 5.75 Å². The maximum atomic E-state index is 5.99. The highest BCUT2D eigenvalue weighted by atomic mass is 35.5. The van der Waals surface area contributed by atoms with Gasteiger partial charge in [0.05, 0.1) is 6.61 Å². The van der Waals surface area contributed by atoms with Crippen LogP contribution < -0.4 is 10.5 Å². The Morgan fingerprint density at radius 3 is 2.47 bits per heavy atom. The summed E-state index contributed by atoms with van der Waals surface area (Å²) < 4.78 is 5.58. The highest BCUT2D eigenvalue weighted by Crippen LogP contribution is 2.27. The lowest BCUT2D eigenvalue weighted by atomic mass is 10.00. The van der Waals surface area contributed by atoms with Crippen LogP contribution in [-0.4, -0.2) is 6.61 Å². The predicted octanol–water partition coefficient (Wildman–Crippen LogP) is 4.25. The van der Waals surface area contributed by atoms with Gasteiger partial charge in [-0.05, 0) is 47.4 Å². The second kappa shape index (κ2) is 6.60. The van der Waals surface area contributed by atoms with Gasteiger partial charge in [0, 0.05) is 11.6 Å². The van der Waals surface area contributed by atoms with Gasteiger partial charge in [-0.3, -0.25) is 0 Å². The third-order valence-corrected chi connectivity index (χ3v) is 3.16. The molecular weight excluding hydrogens is 258 g/mol. The molecule has 0 radical (unpaired) electrons. The van der Waals surface area contributed by atoms with Crippen molar-refractivity contribution in [1.82, 2.24) is 0 Å². The predicted molar refractivity (Wildman–Crippen MR) is 80.6 cm³/mol. The Balaban J connectivity index is 2.26. The third-order valence-electron chi connectivity index (χ3n) is 2.93. The van der Waals surface area contributed by atoms with Crippen LogP contribution in [0, 0.1) is 0 Å². The largest absolute Gasteiger partial charge is 0.494 e. The molecule has 0 aliphatic rings. The molecule has 0 saturated heterocycles. The zero-order valence-corrected chi connectivity index (χ0v) is 11.8. The minimum atomic E-state index is 0.476. The van der Waals surface area contributed by atoms with E-state index in [-0.39, 0.29) is 0 Å². The first-order valence-electron chi connectivity index (χ1n) is 6.46. The van der Waals surface area contributed by atoms with E-state index in [0.29, 0.717) is 11.6 Å². The molecule has 3 heteroatoms. The zero-order valence-electron chi connectivity index (χ0n) is 11.0. The van der Waals surface area contributed by atoms with Gasteiger partial charge in [0.1, 0.15) is 5.75 Å². The van der Waals surface area contributed by atoms with Crippen LogP contribution in [0.25, 0.3) is 11.1 Å². The summed E-state index contributed by atoms with van der Waals surface area (Å²) in [4.78, 5) is 0. The van der Waals surface area contributed by atoms with Crippen molar-refractivity contribution in [1.29, 1.82) is 0 Å². The van der Waals surface area contributed by atoms with Gasteiger partial charge in [0.15, 0.2) is 0 Å². The van der Waals surface area contributed by atoms with E-state index in [1.807, 2.05) is 42.5 Å². The smallest absolute Gasteiger partial charge is 0.119 e. The Bertz CT molecular complexity index is 537. The number of rotatable bonds is 5. The molecule has 0 heterocycles. The van der Waals surface area contributed by atoms with E-state index in [4.69, 9.17) is 22.1 Å². The van der Waals surface area contributed by atoms with E-state index >= 15 is 0 Å². The van der Waals surface area contributed by atoms with E-state index in [9.17, 15) is 0 Å². The van der Waals surface area contributed by atoms with Gasteiger partial charge in [0.2, 0.25) is 0 Å². The molecule has 0 saturated carbocycles. The summed E-state index contributed by atoms with van der Waals surface area (Å²) in [5.74, 6) is 0.897. The molecular formula is C16H18ClNO. The summed E-state index contributed by atoms with van der Waals surface area (Å²) in [5.41, 5.74) is 9.07. The minimum absolute atomic E-state index is 0.476. The van der Waals surface area contributed by atoms with Gasteiger partial charge in [0.25, 0.3) is 0 Å². The van der Waals surface area contributed by atoms with Crippen LogP contribution in [0.4, 0.5) is 0 Å². The fourth-order valence-corrected chi connectivity index (χ4v) is 2.16. The summed E-state index contributed by atoms with van der Waals surface area (Å²) >= 11 is 5.99. The zero-order chi connectivity index (χ0) is 13.7. The average Bonchev–Trinajstić information content (AvgIpc) is 2.45. The number of nitrogens with two attached hydrogens (primary N) is 1. The van der Waals surface area contributed by atoms with Gasteiger partial charge in [-0.15, -0.1) is 0 Å². The van der Waals surface area contributed by atoms with Gasteiger partial charge in [-0.25, -0.2) is 0 Å². The molecule has 0 bridgehead atoms. The molecule has 100 valence electrons. The van der Waals surface area contributed by atoms with Gasteiger partial charge in [-0.2, -0.15) is 0 Å². The Labute approximate surface area is 119 Å². The van der Waals surface area contributed by atoms with Crippen molar-refractivity contribution < 1.29 is 4.74 Å². The van der Waals surface area contributed by atoms with Crippen LogP contribution in [0.3, 0.4) is 0 Å². The normalized spacial score (nSPS) is 10.5. The summed E-state index contributed by atoms with van der Waals surface area (Å²) in [6, 6.07) is 13.9. The lowest BCUT2D eigenvalue weighted by molar-refractivity contribution is 0.317. The van der Waals surface area contributed by atoms with Crippen LogP contribution in [0.15, 0.2) is 42.5 Å². The van der Waals surface area contributed by atoms with Crippen LogP contribution in [0.1, 0.15) is 18.9 Å². The van der Waals surface area contributed by atoms with E-state index < -0.39 is 0 Å². The molecule has 2 aromatic rings. The maximum absolute atomic E-state index is 5.99. The fraction of sp³-hybridized carbons (Fsp3) is 0.250. The van der Waals surface area contributed by atoms with E-state index in [0.717, 1.165) is 35.5 Å². The van der Waals surface area contributed by atoms with Crippen molar-refractivity contribution in [2.24, 2.45) is 5.73 Å². The van der Waals surface area contributed by atoms with Crippen LogP contribution in [-0.2, 0) is 6.54 Å². The highest BCUT2D eigenvalue weighted by molar-refractivity contribution is 6.30. The fourth-order valence-electron chi connectivity index (χ4n) is 1.96. The summed E-state index contributed by atoms with van der Waals surface area (Å²) in [7, 11) is 0. The number of hydrogen-bond donors (Lipinski definition) is 1. The lowest BCUT2D eigenvalue weighted by Gasteiger charge is -2.10. The molecule has 2 rings (SSSR count). The molecule has 0 fully saturated rings. The second-order valence-corrected chi connectivity index (χ2v) is 4.81. The van der Waals surface area contributed by atoms with Crippen molar-refractivity contribution in [2.75, 3.05) is 6.61 Å². The number of benzene rings is 2. The Morgan fingerprint density at radius 1 is 1.11 bits per heavy atom. The van der Waals surface area contributed by atoms with E-state index in [1.54, 1.807) is 0 Å². The van der Waals surface area contributed by atoms with E-state index in [2.05, 4.69) is 6.92 Å². The first-order valence-corrected chi connectivity index (χ1v) is 6.84. The molecule has 0 aliphatic carbocycles. The number of hydrogen-bond acceptors (Lipinski definition) is 2. The van der Waals surface area contributed by atoms with Crippen LogP contribution >= 0.6 is 11.6 Å². The molecule has 0 amide bonds. The quantitative estimate of drug-likeness (QED) is 0.885. The SMILES string of the molecule is CCCOc1ccc(-c2ccc(Cl)cc2CN)cc1. The molecule has 0 unspecified atom stereocenters. The average molecular weight is 276 g/mol. The van der Waals surface area contributed by atoms with Crippen molar-refractivity contribution in [2.45, 2.75) is 19.9 Å². The Morgan fingerprint density at radius 2 is 1.84 bits per heavy atom. The Kier molecular flexibility index (Phi) is 4.83. The standard InChI is InChI=1S/C16H18ClNO/c1-2-9-19-15-6-3-12(4-7-15)16-8-5-14(17)10-13(16)11-18/h3-8,10H,2,9,11,18H2,1H3. The van der Waals surface area contributed by atoms with Crippen molar-refractivity contribution >= 4 is 11.6 Å². The summed E-state index contributed by atoms with van der Waals surface area (Å²) in [6.45, 7) is 3.31. The molecule has 0 aromatic heterocycles. The monoisotopic (exact) mass is 275 g/mol. The number of ether oxygens (including phenoxy) is 1. The van der Waals surface area contributed by atoms with Crippen molar-refractivity contribution in [3.8, 4) is 16.9 Å². The lowest BCUT2D eigenvalue weighted by Crippen LogP contribution is -1.99. The van der Waals surface area contributed by atoms with Gasteiger partial charge < -0.3 is 10.5 Å². The molecule has 0 atom stereocenters. The first-order chi connectivity index (χ1) is 9.24. The van der Waals surface area contributed by atoms with Crippen molar-refractivity contribution in [3.05, 3.63) is 53.1 Å². The molecule has 0 spiro atoms. The van der Waals surface area contributed by atoms with Gasteiger partial charge in [-0.1, -0.05) is 36.7 Å². The molecule has 2 nitrogen and oxygen atoms in total. The van der Waals surface area contributed by atoms with E-state index in [1.165, 1.54) is 0 Å². The maximum Gasteiger partial charge on any atom is 0.119 e. The first kappa shape index (κ1) is 13.9. The third kappa shape index (κ3) is 3.49. The topological polar surface area (TPSA) is 35.2 Å². The molecule has 0 aliphatic heterocycles. The minimum Gasteiger partial charge on any atom is -0.494 e. The van der Waals surface area contributed by atoms with Crippen molar-refractivity contribution in [3.63, 3.8) is 0 Å². The molecule has 2 N–H and O–H groups in total. The van der Waals surface area contributed by atoms with Crippen LogP contribution in [0.2, 0.25) is 5.02 Å². The summed E-state index contributed by atoms with van der Waals surface area (Å²) in [6.07, 6.45) is 1.01. The highest BCUT2D eigenvalue weighted by Gasteiger charge is 2.05. The molecule has 19 heavy (non-hydrogen) atoms. The molecule has 2 aromatic carbocycles. The number of halogens is 1. The second-order valence-electron chi connectivity index (χ2n) is 4.38. The summed E-state index contributed by atoms with van der Waals surface area (Å²) in [5, 5.41) is 0.715.